The van der Waals surface area contributed by atoms with Gasteiger partial charge < -0.3 is 4.74 Å². The van der Waals surface area contributed by atoms with Crippen molar-refractivity contribution in [2.24, 2.45) is 5.10 Å². The molecule has 7 heteroatoms. The first kappa shape index (κ1) is 19.4. The minimum absolute atomic E-state index is 0.504. The lowest BCUT2D eigenvalue weighted by atomic mass is 10.1. The highest BCUT2D eigenvalue weighted by atomic mass is 16.5. The van der Waals surface area contributed by atoms with Crippen molar-refractivity contribution in [1.29, 1.82) is 0 Å². The molecule has 32 heavy (non-hydrogen) atoms. The van der Waals surface area contributed by atoms with Crippen LogP contribution in [-0.2, 0) is 6.61 Å². The van der Waals surface area contributed by atoms with Crippen LogP contribution in [0.3, 0.4) is 0 Å². The normalized spacial score (nSPS) is 11.1. The Balaban J connectivity index is 1.28. The number of hydrazone groups is 1. The first-order valence-corrected chi connectivity index (χ1v) is 10.2. The molecule has 0 bridgehead atoms. The van der Waals surface area contributed by atoms with Crippen molar-refractivity contribution in [1.82, 2.24) is 19.6 Å². The summed E-state index contributed by atoms with van der Waals surface area (Å²) >= 11 is 0. The number of aromatic nitrogens is 4. The second-order valence-corrected chi connectivity index (χ2v) is 7.08. The summed E-state index contributed by atoms with van der Waals surface area (Å²) in [7, 11) is 0. The highest BCUT2D eigenvalue weighted by Crippen LogP contribution is 2.21. The van der Waals surface area contributed by atoms with Crippen LogP contribution in [0.25, 0.3) is 17.0 Å². The summed E-state index contributed by atoms with van der Waals surface area (Å²) in [4.78, 5) is 8.78. The monoisotopic (exact) mass is 420 g/mol. The van der Waals surface area contributed by atoms with Crippen molar-refractivity contribution in [3.63, 3.8) is 0 Å². The van der Waals surface area contributed by atoms with Gasteiger partial charge in [0.2, 0.25) is 0 Å². The van der Waals surface area contributed by atoms with Gasteiger partial charge in [-0.1, -0.05) is 60.7 Å². The van der Waals surface area contributed by atoms with E-state index in [1.165, 1.54) is 6.33 Å². The first-order chi connectivity index (χ1) is 15.8. The zero-order valence-corrected chi connectivity index (χ0v) is 17.2. The van der Waals surface area contributed by atoms with Crippen LogP contribution < -0.4 is 10.2 Å². The highest BCUT2D eigenvalue weighted by Gasteiger charge is 2.08. The first-order valence-electron chi connectivity index (χ1n) is 10.2. The molecule has 0 spiro atoms. The average Bonchev–Trinajstić information content (AvgIpc) is 3.34. The number of nitrogens with zero attached hydrogens (tertiary/aromatic N) is 5. The Morgan fingerprint density at radius 3 is 2.44 bits per heavy atom. The number of nitrogens with one attached hydrogen (secondary N) is 1. The highest BCUT2D eigenvalue weighted by molar-refractivity contribution is 5.80. The fourth-order valence-electron chi connectivity index (χ4n) is 3.21. The van der Waals surface area contributed by atoms with Crippen LogP contribution in [-0.4, -0.2) is 25.8 Å². The summed E-state index contributed by atoms with van der Waals surface area (Å²) in [5.41, 5.74) is 6.92. The molecular weight excluding hydrogens is 400 g/mol. The smallest absolute Gasteiger partial charge is 0.254 e. The van der Waals surface area contributed by atoms with Gasteiger partial charge in [-0.15, -0.1) is 0 Å². The lowest BCUT2D eigenvalue weighted by molar-refractivity contribution is 0.306. The summed E-state index contributed by atoms with van der Waals surface area (Å²) in [5, 5.41) is 8.59. The van der Waals surface area contributed by atoms with Gasteiger partial charge in [0.25, 0.3) is 5.78 Å². The maximum absolute atomic E-state index is 5.83. The minimum atomic E-state index is 0.504. The van der Waals surface area contributed by atoms with Gasteiger partial charge in [-0.2, -0.15) is 19.7 Å². The SMILES string of the molecule is C(=NNc1cc(-c2ccccc2)nc2ncnn12)c1ccc(OCc2ccccc2)cc1. The van der Waals surface area contributed by atoms with Gasteiger partial charge in [0.1, 0.15) is 18.7 Å². The predicted octanol–water partition coefficient (Wildman–Crippen LogP) is 4.82. The summed E-state index contributed by atoms with van der Waals surface area (Å²) in [5.74, 6) is 1.99. The molecule has 0 unspecified atom stereocenters. The third kappa shape index (κ3) is 4.46. The van der Waals surface area contributed by atoms with Gasteiger partial charge in [0, 0.05) is 11.6 Å². The van der Waals surface area contributed by atoms with Crippen LogP contribution in [0.15, 0.2) is 102 Å². The van der Waals surface area contributed by atoms with Crippen molar-refractivity contribution >= 4 is 17.8 Å². The number of rotatable bonds is 7. The summed E-state index contributed by atoms with van der Waals surface area (Å²) < 4.78 is 7.45. The van der Waals surface area contributed by atoms with Gasteiger partial charge in [0.05, 0.1) is 11.9 Å². The molecule has 156 valence electrons. The van der Waals surface area contributed by atoms with Crippen molar-refractivity contribution in [2.45, 2.75) is 6.61 Å². The Bertz CT molecular complexity index is 1330. The van der Waals surface area contributed by atoms with Crippen molar-refractivity contribution < 1.29 is 4.74 Å². The number of benzene rings is 3. The lowest BCUT2D eigenvalue weighted by Crippen LogP contribution is -2.02. The molecule has 0 saturated heterocycles. The minimum Gasteiger partial charge on any atom is -0.489 e. The Morgan fingerprint density at radius 2 is 1.66 bits per heavy atom. The zero-order chi connectivity index (χ0) is 21.6. The molecule has 0 aliphatic carbocycles. The van der Waals surface area contributed by atoms with E-state index >= 15 is 0 Å². The van der Waals surface area contributed by atoms with Crippen LogP contribution in [0.4, 0.5) is 5.82 Å². The van der Waals surface area contributed by atoms with Gasteiger partial charge >= 0.3 is 0 Å². The molecule has 0 aliphatic rings. The summed E-state index contributed by atoms with van der Waals surface area (Å²) in [6.45, 7) is 0.537. The van der Waals surface area contributed by atoms with Crippen LogP contribution in [0, 0.1) is 0 Å². The number of fused-ring (bicyclic) bond motifs is 1. The molecular formula is C25H20N6O. The van der Waals surface area contributed by atoms with Gasteiger partial charge in [-0.25, -0.2) is 4.98 Å². The predicted molar refractivity (Wildman–Crippen MR) is 125 cm³/mol. The van der Waals surface area contributed by atoms with E-state index in [9.17, 15) is 0 Å². The molecule has 0 atom stereocenters. The number of hydrogen-bond acceptors (Lipinski definition) is 6. The van der Waals surface area contributed by atoms with E-state index < -0.39 is 0 Å². The fraction of sp³-hybridized carbons (Fsp3) is 0.0400. The van der Waals surface area contributed by atoms with E-state index in [1.807, 2.05) is 91.0 Å². The van der Waals surface area contributed by atoms with E-state index in [0.29, 0.717) is 18.2 Å². The quantitative estimate of drug-likeness (QED) is 0.302. The number of anilines is 1. The Hall–Kier alpha value is -4.52. The zero-order valence-electron chi connectivity index (χ0n) is 17.2. The third-order valence-corrected chi connectivity index (χ3v) is 4.84. The molecule has 0 saturated carbocycles. The number of ether oxygens (including phenoxy) is 1. The maximum Gasteiger partial charge on any atom is 0.254 e. The van der Waals surface area contributed by atoms with Gasteiger partial charge in [-0.05, 0) is 35.4 Å². The summed E-state index contributed by atoms with van der Waals surface area (Å²) in [6.07, 6.45) is 3.21. The topological polar surface area (TPSA) is 76.7 Å². The Labute approximate surface area is 185 Å². The Kier molecular flexibility index (Phi) is 5.53. The summed E-state index contributed by atoms with van der Waals surface area (Å²) in [6, 6.07) is 29.7. The van der Waals surface area contributed by atoms with E-state index in [1.54, 1.807) is 10.7 Å². The largest absolute Gasteiger partial charge is 0.489 e. The van der Waals surface area contributed by atoms with E-state index in [-0.39, 0.29) is 0 Å². The molecule has 3 aromatic carbocycles. The van der Waals surface area contributed by atoms with Gasteiger partial charge in [0.15, 0.2) is 5.82 Å². The second kappa shape index (κ2) is 9.09. The van der Waals surface area contributed by atoms with Crippen molar-refractivity contribution in [2.75, 3.05) is 5.43 Å². The van der Waals surface area contributed by atoms with Crippen LogP contribution in [0.1, 0.15) is 11.1 Å². The van der Waals surface area contributed by atoms with Crippen molar-refractivity contribution in [3.05, 3.63) is 108 Å². The molecule has 2 heterocycles. The standard InChI is InChI=1S/C25H20N6O/c1-3-7-20(8-4-1)17-32-22-13-11-19(12-14-22)16-27-30-24-15-23(21-9-5-2-6-10-21)29-25-26-18-28-31(24)25/h1-16,18,30H,17H2. The molecule has 1 N–H and O–H groups in total. The average molecular weight is 420 g/mol. The van der Waals surface area contributed by atoms with Crippen LogP contribution in [0.5, 0.6) is 5.75 Å². The molecule has 7 nitrogen and oxygen atoms in total. The van der Waals surface area contributed by atoms with Crippen molar-refractivity contribution in [3.8, 4) is 17.0 Å². The van der Waals surface area contributed by atoms with E-state index in [4.69, 9.17) is 4.74 Å². The molecule has 0 aliphatic heterocycles. The second-order valence-electron chi connectivity index (χ2n) is 7.08. The molecule has 5 aromatic rings. The maximum atomic E-state index is 5.83. The lowest BCUT2D eigenvalue weighted by Gasteiger charge is -2.07. The Morgan fingerprint density at radius 1 is 0.906 bits per heavy atom. The van der Waals surface area contributed by atoms with E-state index in [0.717, 1.165) is 28.1 Å². The van der Waals surface area contributed by atoms with Gasteiger partial charge in [-0.3, -0.25) is 5.43 Å². The van der Waals surface area contributed by atoms with Crippen LogP contribution in [0.2, 0.25) is 0 Å². The fourth-order valence-corrected chi connectivity index (χ4v) is 3.21. The molecule has 5 rings (SSSR count). The molecule has 0 amide bonds. The van der Waals surface area contributed by atoms with Crippen LogP contribution >= 0.6 is 0 Å². The van der Waals surface area contributed by atoms with E-state index in [2.05, 4.69) is 25.6 Å². The molecule has 2 aromatic heterocycles. The number of hydrogen-bond donors (Lipinski definition) is 1. The molecule has 0 fully saturated rings. The third-order valence-electron chi connectivity index (χ3n) is 4.84. The molecule has 0 radical (unpaired) electrons.